The van der Waals surface area contributed by atoms with Crippen LogP contribution in [0.25, 0.3) is 0 Å². The normalized spacial score (nSPS) is 19.8. The van der Waals surface area contributed by atoms with Crippen LogP contribution >= 0.6 is 0 Å². The fourth-order valence-corrected chi connectivity index (χ4v) is 2.29. The third kappa shape index (κ3) is 4.64. The Morgan fingerprint density at radius 3 is 2.61 bits per heavy atom. The van der Waals surface area contributed by atoms with Gasteiger partial charge in [-0.2, -0.15) is 0 Å². The molecule has 0 aromatic carbocycles. The zero-order valence-corrected chi connectivity index (χ0v) is 11.3. The number of carboxylic acids is 1. The summed E-state index contributed by atoms with van der Waals surface area (Å²) < 4.78 is 0. The monoisotopic (exact) mass is 256 g/mol. The molecule has 1 aliphatic heterocycles. The summed E-state index contributed by atoms with van der Waals surface area (Å²) in [6, 6.07) is 0.0426. The number of nitrogens with zero attached hydrogens (tertiary/aromatic N) is 1. The minimum absolute atomic E-state index is 0.0778. The van der Waals surface area contributed by atoms with E-state index in [1.807, 2.05) is 13.8 Å². The van der Waals surface area contributed by atoms with Gasteiger partial charge in [-0.15, -0.1) is 0 Å². The average molecular weight is 256 g/mol. The third-order valence-corrected chi connectivity index (χ3v) is 3.30. The van der Waals surface area contributed by atoms with Crippen molar-refractivity contribution < 1.29 is 14.7 Å². The maximum absolute atomic E-state index is 12.3. The van der Waals surface area contributed by atoms with Crippen LogP contribution in [0.15, 0.2) is 0 Å². The van der Waals surface area contributed by atoms with Crippen molar-refractivity contribution in [2.24, 2.45) is 0 Å². The fourth-order valence-electron chi connectivity index (χ4n) is 2.29. The lowest BCUT2D eigenvalue weighted by Gasteiger charge is -2.32. The van der Waals surface area contributed by atoms with Crippen molar-refractivity contribution in [2.75, 3.05) is 13.1 Å². The predicted octanol–water partition coefficient (Wildman–Crippen LogP) is 1.23. The maximum Gasteiger partial charge on any atom is 0.303 e. The molecule has 0 radical (unpaired) electrons. The van der Waals surface area contributed by atoms with Gasteiger partial charge in [0.05, 0.1) is 6.04 Å². The number of aliphatic carboxylic acids is 1. The molecule has 1 heterocycles. The van der Waals surface area contributed by atoms with E-state index >= 15 is 0 Å². The van der Waals surface area contributed by atoms with Crippen molar-refractivity contribution in [3.8, 4) is 0 Å². The lowest BCUT2D eigenvalue weighted by Crippen LogP contribution is -2.51. The summed E-state index contributed by atoms with van der Waals surface area (Å²) in [5, 5.41) is 11.9. The van der Waals surface area contributed by atoms with E-state index in [1.165, 1.54) is 0 Å². The highest BCUT2D eigenvalue weighted by Gasteiger charge is 2.26. The molecule has 1 saturated heterocycles. The lowest BCUT2D eigenvalue weighted by molar-refractivity contribution is -0.139. The third-order valence-electron chi connectivity index (χ3n) is 3.30. The molecule has 104 valence electrons. The topological polar surface area (TPSA) is 69.6 Å². The largest absolute Gasteiger partial charge is 0.481 e. The van der Waals surface area contributed by atoms with Crippen LogP contribution < -0.4 is 5.32 Å². The Bertz CT molecular complexity index is 286. The Kier molecular flexibility index (Phi) is 6.12. The molecule has 0 aliphatic carbocycles. The van der Waals surface area contributed by atoms with E-state index < -0.39 is 5.97 Å². The zero-order valence-electron chi connectivity index (χ0n) is 11.3. The van der Waals surface area contributed by atoms with E-state index in [4.69, 9.17) is 5.11 Å². The summed E-state index contributed by atoms with van der Waals surface area (Å²) >= 11 is 0. The second kappa shape index (κ2) is 7.36. The SMILES string of the molecule is CC(C)N(CCCC(=O)O)C(=O)C1CCCCN1. The van der Waals surface area contributed by atoms with Crippen LogP contribution in [-0.4, -0.2) is 47.1 Å². The smallest absolute Gasteiger partial charge is 0.303 e. The molecule has 0 saturated carbocycles. The number of nitrogens with one attached hydrogen (secondary N) is 1. The van der Waals surface area contributed by atoms with Crippen LogP contribution in [0.1, 0.15) is 46.0 Å². The molecule has 2 N–H and O–H groups in total. The van der Waals surface area contributed by atoms with Crippen molar-refractivity contribution in [1.29, 1.82) is 0 Å². The highest BCUT2D eigenvalue weighted by atomic mass is 16.4. The minimum Gasteiger partial charge on any atom is -0.481 e. The number of hydrogen-bond donors (Lipinski definition) is 2. The summed E-state index contributed by atoms with van der Waals surface area (Å²) in [4.78, 5) is 24.6. The molecule has 1 amide bonds. The number of hydrogen-bond acceptors (Lipinski definition) is 3. The van der Waals surface area contributed by atoms with E-state index in [9.17, 15) is 9.59 Å². The Morgan fingerprint density at radius 2 is 2.11 bits per heavy atom. The molecule has 1 aliphatic rings. The molecule has 18 heavy (non-hydrogen) atoms. The van der Waals surface area contributed by atoms with Crippen LogP contribution in [0.2, 0.25) is 0 Å². The van der Waals surface area contributed by atoms with Crippen molar-refractivity contribution in [3.63, 3.8) is 0 Å². The number of carbonyl (C=O) groups is 2. The zero-order chi connectivity index (χ0) is 13.5. The quantitative estimate of drug-likeness (QED) is 0.750. The first kappa shape index (κ1) is 15.0. The Hall–Kier alpha value is -1.10. The van der Waals surface area contributed by atoms with E-state index in [-0.39, 0.29) is 24.4 Å². The first-order valence-electron chi connectivity index (χ1n) is 6.78. The number of rotatable bonds is 6. The van der Waals surface area contributed by atoms with E-state index in [0.717, 1.165) is 25.8 Å². The Labute approximate surface area is 109 Å². The van der Waals surface area contributed by atoms with Crippen molar-refractivity contribution >= 4 is 11.9 Å². The summed E-state index contributed by atoms with van der Waals surface area (Å²) in [6.45, 7) is 5.38. The average Bonchev–Trinajstić information content (AvgIpc) is 2.34. The fraction of sp³-hybridized carbons (Fsp3) is 0.846. The van der Waals surface area contributed by atoms with Gasteiger partial charge in [0, 0.05) is 19.0 Å². The first-order chi connectivity index (χ1) is 8.52. The van der Waals surface area contributed by atoms with Gasteiger partial charge in [0.1, 0.15) is 0 Å². The molecule has 0 spiro atoms. The highest BCUT2D eigenvalue weighted by Crippen LogP contribution is 2.12. The molecule has 0 aromatic rings. The van der Waals surface area contributed by atoms with Gasteiger partial charge in [0.2, 0.25) is 5.91 Å². The molecule has 1 unspecified atom stereocenters. The first-order valence-corrected chi connectivity index (χ1v) is 6.78. The molecule has 1 atom stereocenters. The second-order valence-corrected chi connectivity index (χ2v) is 5.13. The van der Waals surface area contributed by atoms with Gasteiger partial charge in [-0.25, -0.2) is 0 Å². The molecule has 5 nitrogen and oxygen atoms in total. The number of amides is 1. The van der Waals surface area contributed by atoms with Gasteiger partial charge >= 0.3 is 5.97 Å². The maximum atomic E-state index is 12.3. The van der Waals surface area contributed by atoms with Crippen LogP contribution in [0.5, 0.6) is 0 Å². The van der Waals surface area contributed by atoms with E-state index in [0.29, 0.717) is 13.0 Å². The molecule has 0 bridgehead atoms. The lowest BCUT2D eigenvalue weighted by atomic mass is 10.0. The number of carboxylic acid groups (broad SMARTS) is 1. The van der Waals surface area contributed by atoms with Gasteiger partial charge in [-0.05, 0) is 39.7 Å². The van der Waals surface area contributed by atoms with Crippen LogP contribution in [0.4, 0.5) is 0 Å². The predicted molar refractivity (Wildman–Crippen MR) is 69.4 cm³/mol. The molecular formula is C13H24N2O3. The van der Waals surface area contributed by atoms with Gasteiger partial charge in [0.15, 0.2) is 0 Å². The second-order valence-electron chi connectivity index (χ2n) is 5.13. The highest BCUT2D eigenvalue weighted by molar-refractivity contribution is 5.82. The molecule has 1 rings (SSSR count). The minimum atomic E-state index is -0.804. The van der Waals surface area contributed by atoms with Gasteiger partial charge in [0.25, 0.3) is 0 Å². The van der Waals surface area contributed by atoms with Crippen molar-refractivity contribution in [3.05, 3.63) is 0 Å². The molecule has 0 aromatic heterocycles. The van der Waals surface area contributed by atoms with Gasteiger partial charge < -0.3 is 15.3 Å². The van der Waals surface area contributed by atoms with Crippen molar-refractivity contribution in [1.82, 2.24) is 10.2 Å². The van der Waals surface area contributed by atoms with Crippen LogP contribution in [0.3, 0.4) is 0 Å². The Balaban J connectivity index is 2.48. The Morgan fingerprint density at radius 1 is 1.39 bits per heavy atom. The van der Waals surface area contributed by atoms with Gasteiger partial charge in [-0.1, -0.05) is 6.42 Å². The van der Waals surface area contributed by atoms with E-state index in [2.05, 4.69) is 5.32 Å². The van der Waals surface area contributed by atoms with Gasteiger partial charge in [-0.3, -0.25) is 9.59 Å². The van der Waals surface area contributed by atoms with Crippen LogP contribution in [-0.2, 0) is 9.59 Å². The molecule has 5 heteroatoms. The molecular weight excluding hydrogens is 232 g/mol. The van der Waals surface area contributed by atoms with Crippen molar-refractivity contribution in [2.45, 2.75) is 58.0 Å². The molecule has 1 fully saturated rings. The standard InChI is InChI=1S/C13H24N2O3/c1-10(2)15(9-5-7-12(16)17)13(18)11-6-3-4-8-14-11/h10-11,14H,3-9H2,1-2H3,(H,16,17). The summed E-state index contributed by atoms with van der Waals surface area (Å²) in [5.41, 5.74) is 0. The van der Waals surface area contributed by atoms with Crippen LogP contribution in [0, 0.1) is 0 Å². The number of piperidine rings is 1. The summed E-state index contributed by atoms with van der Waals surface area (Å²) in [6.07, 6.45) is 3.75. The summed E-state index contributed by atoms with van der Waals surface area (Å²) in [5.74, 6) is -0.683. The number of carbonyl (C=O) groups excluding carboxylic acids is 1. The summed E-state index contributed by atoms with van der Waals surface area (Å²) in [7, 11) is 0. The van der Waals surface area contributed by atoms with E-state index in [1.54, 1.807) is 4.90 Å².